The van der Waals surface area contributed by atoms with E-state index >= 15 is 0 Å². The Kier molecular flexibility index (Phi) is 6.69. The number of halogens is 3. The number of alkyl halides is 3. The van der Waals surface area contributed by atoms with Gasteiger partial charge >= 0.3 is 6.18 Å². The van der Waals surface area contributed by atoms with Crippen molar-refractivity contribution in [1.82, 2.24) is 9.97 Å². The van der Waals surface area contributed by atoms with Crippen molar-refractivity contribution < 1.29 is 18.0 Å². The van der Waals surface area contributed by atoms with E-state index in [0.29, 0.717) is 11.8 Å². The standard InChI is InChI=1S/C18H20F3N3O2S/c1-4-10(2)12-7-5-6-8-13(12)22-16(26)11(3)27-17-23-14(18(19,20)21)9-15(25)24-17/h5-11H,4H2,1-3H3,(H,22,26)(H,23,24,25). The van der Waals surface area contributed by atoms with E-state index in [9.17, 15) is 22.8 Å². The van der Waals surface area contributed by atoms with Gasteiger partial charge in [0.1, 0.15) is 0 Å². The number of carbonyl (C=O) groups is 1. The maximum Gasteiger partial charge on any atom is 0.433 e. The number of aromatic amines is 1. The average molecular weight is 399 g/mol. The van der Waals surface area contributed by atoms with Crippen LogP contribution in [0.2, 0.25) is 0 Å². The van der Waals surface area contributed by atoms with Gasteiger partial charge in [-0.3, -0.25) is 9.59 Å². The molecule has 146 valence electrons. The highest BCUT2D eigenvalue weighted by atomic mass is 32.2. The maximum atomic E-state index is 12.8. The van der Waals surface area contributed by atoms with Gasteiger partial charge in [0.05, 0.1) is 5.25 Å². The summed E-state index contributed by atoms with van der Waals surface area (Å²) in [5, 5.41) is 1.78. The second-order valence-electron chi connectivity index (χ2n) is 6.08. The molecule has 5 nitrogen and oxygen atoms in total. The average Bonchev–Trinajstić information content (AvgIpc) is 2.60. The molecular weight excluding hydrogens is 379 g/mol. The minimum absolute atomic E-state index is 0.242. The van der Waals surface area contributed by atoms with Crippen LogP contribution in [0.3, 0.4) is 0 Å². The van der Waals surface area contributed by atoms with Crippen LogP contribution in [0.1, 0.15) is 44.4 Å². The summed E-state index contributed by atoms with van der Waals surface area (Å²) in [6, 6.07) is 7.77. The molecule has 0 saturated carbocycles. The Morgan fingerprint density at radius 3 is 2.59 bits per heavy atom. The number of benzene rings is 1. The van der Waals surface area contributed by atoms with Crippen molar-refractivity contribution in [3.63, 3.8) is 0 Å². The molecule has 1 amide bonds. The highest BCUT2D eigenvalue weighted by Crippen LogP contribution is 2.30. The van der Waals surface area contributed by atoms with Crippen LogP contribution in [0.4, 0.5) is 18.9 Å². The fraction of sp³-hybridized carbons (Fsp3) is 0.389. The Labute approximate surface area is 158 Å². The Morgan fingerprint density at radius 2 is 1.96 bits per heavy atom. The lowest BCUT2D eigenvalue weighted by atomic mass is 9.97. The predicted molar refractivity (Wildman–Crippen MR) is 99.0 cm³/mol. The first kappa shape index (κ1) is 21.0. The molecule has 27 heavy (non-hydrogen) atoms. The summed E-state index contributed by atoms with van der Waals surface area (Å²) < 4.78 is 38.3. The molecule has 1 heterocycles. The number of nitrogens with one attached hydrogen (secondary N) is 2. The first-order valence-corrected chi connectivity index (χ1v) is 9.24. The van der Waals surface area contributed by atoms with E-state index in [1.165, 1.54) is 6.92 Å². The molecule has 0 radical (unpaired) electrons. The molecule has 0 spiro atoms. The van der Waals surface area contributed by atoms with Gasteiger partial charge in [0.2, 0.25) is 5.91 Å². The number of hydrogen-bond donors (Lipinski definition) is 2. The van der Waals surface area contributed by atoms with Crippen LogP contribution in [0.5, 0.6) is 0 Å². The predicted octanol–water partition coefficient (Wildman–Crippen LogP) is 4.42. The number of anilines is 1. The monoisotopic (exact) mass is 399 g/mol. The van der Waals surface area contributed by atoms with Crippen molar-refractivity contribution in [3.05, 3.63) is 51.9 Å². The Balaban J connectivity index is 2.16. The van der Waals surface area contributed by atoms with Crippen LogP contribution >= 0.6 is 11.8 Å². The topological polar surface area (TPSA) is 74.8 Å². The van der Waals surface area contributed by atoms with Crippen LogP contribution < -0.4 is 10.9 Å². The third-order valence-corrected chi connectivity index (χ3v) is 5.01. The maximum absolute atomic E-state index is 12.8. The minimum atomic E-state index is -4.73. The van der Waals surface area contributed by atoms with Gasteiger partial charge in [0.15, 0.2) is 10.9 Å². The zero-order valence-electron chi connectivity index (χ0n) is 15.1. The summed E-state index contributed by atoms with van der Waals surface area (Å²) in [5.41, 5.74) is -0.566. The molecule has 2 rings (SSSR count). The number of aromatic nitrogens is 2. The SMILES string of the molecule is CCC(C)c1ccccc1NC(=O)C(C)Sc1nc(C(F)(F)F)cc(=O)[nH]1. The quantitative estimate of drug-likeness (QED) is 0.557. The zero-order chi connectivity index (χ0) is 20.2. The van der Waals surface area contributed by atoms with E-state index in [2.05, 4.69) is 15.3 Å². The normalized spacial score (nSPS) is 13.9. The van der Waals surface area contributed by atoms with Crippen LogP contribution in [0.15, 0.2) is 40.3 Å². The van der Waals surface area contributed by atoms with Crippen molar-refractivity contribution >= 4 is 23.4 Å². The molecule has 0 fully saturated rings. The van der Waals surface area contributed by atoms with Gasteiger partial charge < -0.3 is 10.3 Å². The van der Waals surface area contributed by atoms with E-state index in [4.69, 9.17) is 0 Å². The van der Waals surface area contributed by atoms with Gasteiger partial charge in [-0.25, -0.2) is 4.98 Å². The molecule has 2 aromatic rings. The van der Waals surface area contributed by atoms with Gasteiger partial charge in [-0.2, -0.15) is 13.2 Å². The first-order valence-electron chi connectivity index (χ1n) is 8.36. The van der Waals surface area contributed by atoms with E-state index in [-0.39, 0.29) is 11.1 Å². The van der Waals surface area contributed by atoms with Gasteiger partial charge in [-0.05, 0) is 30.9 Å². The Bertz CT molecular complexity index is 867. The lowest BCUT2D eigenvalue weighted by molar-refractivity contribution is -0.141. The lowest BCUT2D eigenvalue weighted by Crippen LogP contribution is -2.24. The number of hydrogen-bond acceptors (Lipinski definition) is 4. The molecule has 1 aromatic heterocycles. The van der Waals surface area contributed by atoms with Crippen LogP contribution in [0, 0.1) is 0 Å². The molecule has 2 unspecified atom stereocenters. The fourth-order valence-electron chi connectivity index (χ4n) is 2.35. The van der Waals surface area contributed by atoms with Crippen molar-refractivity contribution in [2.24, 2.45) is 0 Å². The first-order chi connectivity index (χ1) is 12.6. The number of nitrogens with zero attached hydrogens (tertiary/aromatic N) is 1. The number of H-pyrrole nitrogens is 1. The second kappa shape index (κ2) is 8.60. The Morgan fingerprint density at radius 1 is 1.30 bits per heavy atom. The number of rotatable bonds is 6. The van der Waals surface area contributed by atoms with Crippen molar-refractivity contribution in [2.45, 2.75) is 49.7 Å². The van der Waals surface area contributed by atoms with E-state index in [1.54, 1.807) is 12.1 Å². The Hall–Kier alpha value is -2.29. The molecule has 0 bridgehead atoms. The van der Waals surface area contributed by atoms with Crippen LogP contribution in [-0.2, 0) is 11.0 Å². The molecule has 0 aliphatic carbocycles. The van der Waals surface area contributed by atoms with E-state index in [1.807, 2.05) is 26.0 Å². The summed E-state index contributed by atoms with van der Waals surface area (Å²) >= 11 is 0.757. The highest BCUT2D eigenvalue weighted by molar-refractivity contribution is 8.00. The molecule has 2 N–H and O–H groups in total. The largest absolute Gasteiger partial charge is 0.433 e. The lowest BCUT2D eigenvalue weighted by Gasteiger charge is -2.17. The number of para-hydroxylation sites is 1. The van der Waals surface area contributed by atoms with Crippen molar-refractivity contribution in [1.29, 1.82) is 0 Å². The van der Waals surface area contributed by atoms with Crippen molar-refractivity contribution in [2.75, 3.05) is 5.32 Å². The van der Waals surface area contributed by atoms with Gasteiger partial charge in [-0.15, -0.1) is 0 Å². The molecule has 0 aliphatic rings. The molecular formula is C18H20F3N3O2S. The summed E-state index contributed by atoms with van der Waals surface area (Å²) in [6.07, 6.45) is -3.84. The fourth-order valence-corrected chi connectivity index (χ4v) is 3.16. The number of thioether (sulfide) groups is 1. The zero-order valence-corrected chi connectivity index (χ0v) is 15.9. The van der Waals surface area contributed by atoms with Gasteiger partial charge in [-0.1, -0.05) is 43.8 Å². The number of carbonyl (C=O) groups excluding carboxylic acids is 1. The van der Waals surface area contributed by atoms with E-state index < -0.39 is 28.6 Å². The smallest absolute Gasteiger partial charge is 0.325 e. The van der Waals surface area contributed by atoms with Gasteiger partial charge in [0, 0.05) is 11.8 Å². The number of amides is 1. The second-order valence-corrected chi connectivity index (χ2v) is 7.41. The van der Waals surface area contributed by atoms with E-state index in [0.717, 1.165) is 23.7 Å². The summed E-state index contributed by atoms with van der Waals surface area (Å²) in [7, 11) is 0. The summed E-state index contributed by atoms with van der Waals surface area (Å²) in [5.74, 6) is -0.151. The van der Waals surface area contributed by atoms with Crippen LogP contribution in [0.25, 0.3) is 0 Å². The van der Waals surface area contributed by atoms with Gasteiger partial charge in [0.25, 0.3) is 5.56 Å². The minimum Gasteiger partial charge on any atom is -0.325 e. The molecule has 9 heteroatoms. The molecule has 1 aromatic carbocycles. The third kappa shape index (κ3) is 5.59. The summed E-state index contributed by atoms with van der Waals surface area (Å²) in [4.78, 5) is 29.5. The molecule has 2 atom stereocenters. The van der Waals surface area contributed by atoms with Crippen LogP contribution in [-0.4, -0.2) is 21.1 Å². The van der Waals surface area contributed by atoms with Crippen molar-refractivity contribution in [3.8, 4) is 0 Å². The molecule has 0 aliphatic heterocycles. The highest BCUT2D eigenvalue weighted by Gasteiger charge is 2.33. The summed E-state index contributed by atoms with van der Waals surface area (Å²) in [6.45, 7) is 5.62. The molecule has 0 saturated heterocycles. The third-order valence-electron chi connectivity index (χ3n) is 4.03.